The van der Waals surface area contributed by atoms with Gasteiger partial charge in [-0.25, -0.2) is 13.2 Å². The second-order valence-electron chi connectivity index (χ2n) is 11.9. The van der Waals surface area contributed by atoms with E-state index in [2.05, 4.69) is 23.9 Å². The smallest absolute Gasteiger partial charge is 0.409 e. The van der Waals surface area contributed by atoms with Crippen LogP contribution in [-0.4, -0.2) is 70.6 Å². The molecular formula is C30H43N3O8S. The average molecular weight is 606 g/mol. The van der Waals surface area contributed by atoms with Crippen molar-refractivity contribution in [2.24, 2.45) is 17.1 Å². The van der Waals surface area contributed by atoms with Crippen LogP contribution >= 0.6 is 0 Å². The first-order chi connectivity index (χ1) is 19.9. The van der Waals surface area contributed by atoms with Gasteiger partial charge in [0.15, 0.2) is 6.29 Å². The monoisotopic (exact) mass is 605 g/mol. The highest BCUT2D eigenvalue weighted by molar-refractivity contribution is 7.89. The van der Waals surface area contributed by atoms with E-state index in [-0.39, 0.29) is 29.3 Å². The lowest BCUT2D eigenvalue weighted by Crippen LogP contribution is -2.68. The van der Waals surface area contributed by atoms with E-state index in [0.29, 0.717) is 42.9 Å². The molecule has 42 heavy (non-hydrogen) atoms. The Morgan fingerprint density at radius 3 is 2.57 bits per heavy atom. The summed E-state index contributed by atoms with van der Waals surface area (Å²) in [6.45, 7) is 6.71. The quantitative estimate of drug-likeness (QED) is 0.252. The summed E-state index contributed by atoms with van der Waals surface area (Å²) in [5.41, 5.74) is 5.14. The Kier molecular flexibility index (Phi) is 10.2. The summed E-state index contributed by atoms with van der Waals surface area (Å²) < 4.78 is 52.8. The minimum atomic E-state index is -4.29. The zero-order valence-electron chi connectivity index (χ0n) is 24.7. The number of ether oxygens (including phenoxy) is 4. The number of hydrogen-bond acceptors (Lipinski definition) is 9. The van der Waals surface area contributed by atoms with Crippen molar-refractivity contribution >= 4 is 16.1 Å². The second kappa shape index (κ2) is 13.3. The lowest BCUT2D eigenvalue weighted by Gasteiger charge is -2.38. The normalized spacial score (nSPS) is 22.7. The van der Waals surface area contributed by atoms with E-state index in [1.165, 1.54) is 20.1 Å². The molecule has 0 spiro atoms. The number of methoxy groups -OCH3 is 1. The molecule has 232 valence electrons. The molecule has 11 nitrogen and oxygen atoms in total. The molecule has 2 aliphatic rings. The highest BCUT2D eigenvalue weighted by Crippen LogP contribution is 2.34. The third-order valence-electron chi connectivity index (χ3n) is 7.98. The van der Waals surface area contributed by atoms with Crippen LogP contribution in [0.5, 0.6) is 5.75 Å². The fraction of sp³-hybridized carbons (Fsp3) is 0.567. The second-order valence-corrected chi connectivity index (χ2v) is 13.5. The molecule has 2 fully saturated rings. The van der Waals surface area contributed by atoms with Crippen LogP contribution in [-0.2, 0) is 37.1 Å². The van der Waals surface area contributed by atoms with Gasteiger partial charge in [-0.2, -0.15) is 4.72 Å². The molecule has 2 aromatic carbocycles. The van der Waals surface area contributed by atoms with E-state index in [9.17, 15) is 18.3 Å². The number of nitrogens with two attached hydrogens (primary N) is 1. The van der Waals surface area contributed by atoms with Crippen molar-refractivity contribution in [3.8, 4) is 5.75 Å². The molecule has 0 radical (unpaired) electrons. The molecule has 12 heteroatoms. The summed E-state index contributed by atoms with van der Waals surface area (Å²) in [7, 11) is -2.76. The molecule has 2 aromatic rings. The van der Waals surface area contributed by atoms with Gasteiger partial charge >= 0.3 is 6.09 Å². The molecule has 2 aliphatic heterocycles. The summed E-state index contributed by atoms with van der Waals surface area (Å²) in [6, 6.07) is 13.6. The first-order valence-electron chi connectivity index (χ1n) is 14.2. The highest BCUT2D eigenvalue weighted by Gasteiger charge is 2.46. The first kappa shape index (κ1) is 32.2. The minimum absolute atomic E-state index is 0.0368. The van der Waals surface area contributed by atoms with E-state index in [1.54, 1.807) is 36.4 Å². The fourth-order valence-electron chi connectivity index (χ4n) is 5.61. The summed E-state index contributed by atoms with van der Waals surface area (Å²) in [6.07, 6.45) is -1.32. The van der Waals surface area contributed by atoms with Gasteiger partial charge in [-0.05, 0) is 67.5 Å². The van der Waals surface area contributed by atoms with Gasteiger partial charge in [-0.1, -0.05) is 44.2 Å². The predicted molar refractivity (Wildman–Crippen MR) is 156 cm³/mol. The number of hydrogen-bond donors (Lipinski definition) is 4. The molecule has 0 saturated carbocycles. The van der Waals surface area contributed by atoms with Crippen molar-refractivity contribution < 1.29 is 37.3 Å². The zero-order valence-corrected chi connectivity index (χ0v) is 25.5. The van der Waals surface area contributed by atoms with Crippen LogP contribution in [0.1, 0.15) is 44.7 Å². The Morgan fingerprint density at radius 1 is 1.17 bits per heavy atom. The van der Waals surface area contributed by atoms with Crippen LogP contribution in [0.4, 0.5) is 4.79 Å². The number of aliphatic hydroxyl groups excluding tert-OH is 1. The van der Waals surface area contributed by atoms with E-state index in [1.807, 2.05) is 6.07 Å². The third-order valence-corrected chi connectivity index (χ3v) is 9.48. The van der Waals surface area contributed by atoms with Crippen molar-refractivity contribution in [1.29, 1.82) is 0 Å². The zero-order chi connectivity index (χ0) is 30.5. The van der Waals surface area contributed by atoms with Gasteiger partial charge in [-0.15, -0.1) is 0 Å². The Morgan fingerprint density at radius 2 is 1.90 bits per heavy atom. The highest BCUT2D eigenvalue weighted by atomic mass is 32.2. The van der Waals surface area contributed by atoms with Gasteiger partial charge in [0.25, 0.3) is 0 Å². The van der Waals surface area contributed by atoms with E-state index >= 15 is 0 Å². The maximum atomic E-state index is 13.9. The van der Waals surface area contributed by atoms with E-state index < -0.39 is 40.3 Å². The molecule has 0 aliphatic carbocycles. The first-order valence-corrected chi connectivity index (χ1v) is 15.7. The number of aliphatic hydroxyl groups is 1. The largest absolute Gasteiger partial charge is 0.496 e. The number of fused-ring (bicyclic) bond motifs is 1. The van der Waals surface area contributed by atoms with Crippen molar-refractivity contribution in [2.75, 3.05) is 26.9 Å². The van der Waals surface area contributed by atoms with Crippen molar-refractivity contribution in [3.63, 3.8) is 0 Å². The molecule has 5 N–H and O–H groups in total. The number of benzene rings is 2. The Labute approximate surface area is 248 Å². The number of carbonyl (C=O) groups excluding carboxylic acids is 1. The van der Waals surface area contributed by atoms with Crippen molar-refractivity contribution in [2.45, 2.75) is 75.5 Å². The van der Waals surface area contributed by atoms with Crippen LogP contribution in [0.3, 0.4) is 0 Å². The van der Waals surface area contributed by atoms with Crippen LogP contribution < -0.4 is 20.5 Å². The molecule has 5 atom stereocenters. The standard InChI is InChI=1S/C30H43N3O8S/c1-20(34)30(17-21-8-6-5-7-9-21,32-28(35)41-26-19-40-27-24(26)12-15-39-27)33-42(36,37)23-10-11-25(38-4)22(16-23)18-29(2,3)13-14-31/h5-11,16,20,24,26-27,33-34H,12-15,17-19,31H2,1-4H3,(H,32,35)/t20-,24?,26?,27?,30+/m1/s1. The summed E-state index contributed by atoms with van der Waals surface area (Å²) in [4.78, 5) is 13.2. The average Bonchev–Trinajstić information content (AvgIpc) is 3.54. The molecule has 4 rings (SSSR count). The Hall–Kier alpha value is -2.74. The molecule has 3 unspecified atom stereocenters. The maximum Gasteiger partial charge on any atom is 0.409 e. The number of amides is 1. The number of rotatable bonds is 13. The number of sulfonamides is 1. The van der Waals surface area contributed by atoms with Crippen molar-refractivity contribution in [3.05, 3.63) is 59.7 Å². The number of carbonyl (C=O) groups is 1. The van der Waals surface area contributed by atoms with Gasteiger partial charge in [0.2, 0.25) is 10.0 Å². The van der Waals surface area contributed by atoms with Crippen LogP contribution in [0, 0.1) is 11.3 Å². The Bertz CT molecular complexity index is 1320. The minimum Gasteiger partial charge on any atom is -0.496 e. The maximum absolute atomic E-state index is 13.9. The lowest BCUT2D eigenvalue weighted by molar-refractivity contribution is -0.0907. The Balaban J connectivity index is 1.65. The fourth-order valence-corrected chi connectivity index (χ4v) is 7.05. The molecule has 1 amide bonds. The summed E-state index contributed by atoms with van der Waals surface area (Å²) in [5, 5.41) is 13.7. The third kappa shape index (κ3) is 7.61. The van der Waals surface area contributed by atoms with Crippen LogP contribution in [0.25, 0.3) is 0 Å². The predicted octanol–water partition coefficient (Wildman–Crippen LogP) is 2.70. The van der Waals surface area contributed by atoms with Gasteiger partial charge in [0.1, 0.15) is 17.5 Å². The van der Waals surface area contributed by atoms with Gasteiger partial charge in [0, 0.05) is 6.42 Å². The molecule has 2 saturated heterocycles. The van der Waals surface area contributed by atoms with Gasteiger partial charge < -0.3 is 29.8 Å². The van der Waals surface area contributed by atoms with E-state index in [0.717, 1.165) is 6.42 Å². The molecule has 0 aromatic heterocycles. The van der Waals surface area contributed by atoms with Crippen LogP contribution in [0.2, 0.25) is 0 Å². The topological polar surface area (TPSA) is 158 Å². The molecule has 0 bridgehead atoms. The summed E-state index contributed by atoms with van der Waals surface area (Å²) >= 11 is 0. The summed E-state index contributed by atoms with van der Waals surface area (Å²) in [5.74, 6) is 0.448. The number of nitrogens with one attached hydrogen (secondary N) is 2. The molecule has 2 heterocycles. The van der Waals surface area contributed by atoms with Gasteiger partial charge in [0.05, 0.1) is 37.2 Å². The lowest BCUT2D eigenvalue weighted by atomic mass is 9.82. The van der Waals surface area contributed by atoms with Crippen molar-refractivity contribution in [1.82, 2.24) is 10.0 Å². The number of alkyl carbamates (subject to hydrolysis) is 1. The van der Waals surface area contributed by atoms with Gasteiger partial charge in [-0.3, -0.25) is 5.32 Å². The van der Waals surface area contributed by atoms with E-state index in [4.69, 9.17) is 24.7 Å². The van der Waals surface area contributed by atoms with Crippen LogP contribution in [0.15, 0.2) is 53.4 Å². The SMILES string of the molecule is COc1ccc(S(=O)(=O)N[C@](Cc2ccccc2)(NC(=O)OC2COC3OCCC23)[C@@H](C)O)cc1CC(C)(C)CCN. The molecular weight excluding hydrogens is 562 g/mol.